The van der Waals surface area contributed by atoms with E-state index in [1.807, 2.05) is 24.3 Å². The van der Waals surface area contributed by atoms with Gasteiger partial charge in [-0.25, -0.2) is 4.98 Å². The van der Waals surface area contributed by atoms with E-state index in [2.05, 4.69) is 11.4 Å². The number of allylic oxidation sites excluding steroid dienone is 1. The quantitative estimate of drug-likeness (QED) is 0.459. The van der Waals surface area contributed by atoms with E-state index in [1.54, 1.807) is 16.5 Å². The molecule has 2 heterocycles. The first kappa shape index (κ1) is 19.2. The molecule has 0 radical (unpaired) electrons. The molecule has 0 aliphatic heterocycles. The number of aliphatic carboxylic acids is 1. The molecule has 8 heteroatoms. The Hall–Kier alpha value is -3.78. The maximum absolute atomic E-state index is 13.3. The number of pyridine rings is 1. The smallest absolute Gasteiger partial charge is 0.320 e. The van der Waals surface area contributed by atoms with Crippen molar-refractivity contribution in [2.75, 3.05) is 5.32 Å². The van der Waals surface area contributed by atoms with Gasteiger partial charge in [-0.3, -0.25) is 18.8 Å². The summed E-state index contributed by atoms with van der Waals surface area (Å²) in [5, 5.41) is 14.6. The molecule has 4 aromatic rings. The molecule has 31 heavy (non-hydrogen) atoms. The fourth-order valence-electron chi connectivity index (χ4n) is 4.26. The summed E-state index contributed by atoms with van der Waals surface area (Å²) in [5.74, 6) is -1.47. The molecule has 0 spiro atoms. The van der Waals surface area contributed by atoms with E-state index in [1.165, 1.54) is 0 Å². The molecular weight excluding hydrogens is 396 g/mol. The lowest BCUT2D eigenvalue weighted by molar-refractivity contribution is -0.138. The number of carbonyl (C=O) groups is 2. The number of imidazole rings is 1. The fourth-order valence-corrected chi connectivity index (χ4v) is 4.26. The lowest BCUT2D eigenvalue weighted by atomic mass is 10.0. The number of benzene rings is 2. The Balaban J connectivity index is 1.63. The lowest BCUT2D eigenvalue weighted by Gasteiger charge is -2.13. The van der Waals surface area contributed by atoms with Gasteiger partial charge in [-0.2, -0.15) is 0 Å². The number of nitrogens with two attached hydrogens (primary N) is 1. The molecule has 1 aliphatic rings. The van der Waals surface area contributed by atoms with Crippen LogP contribution in [0.1, 0.15) is 30.7 Å². The zero-order chi connectivity index (χ0) is 21.7. The number of aromatic nitrogens is 2. The number of fused-ring (bicyclic) bond motifs is 4. The highest BCUT2D eigenvalue weighted by atomic mass is 16.4. The molecule has 5 rings (SSSR count). The molecular formula is C23H20N4O4. The van der Waals surface area contributed by atoms with Crippen molar-refractivity contribution in [1.82, 2.24) is 9.38 Å². The first-order valence-corrected chi connectivity index (χ1v) is 10.1. The van der Waals surface area contributed by atoms with Crippen LogP contribution in [0.25, 0.3) is 33.3 Å². The minimum Gasteiger partial charge on any atom is -0.480 e. The van der Waals surface area contributed by atoms with Crippen molar-refractivity contribution in [3.8, 4) is 0 Å². The van der Waals surface area contributed by atoms with E-state index < -0.39 is 12.0 Å². The third kappa shape index (κ3) is 3.03. The first-order chi connectivity index (χ1) is 15.0. The van der Waals surface area contributed by atoms with E-state index >= 15 is 0 Å². The van der Waals surface area contributed by atoms with Gasteiger partial charge in [-0.1, -0.05) is 24.3 Å². The Morgan fingerprint density at radius 2 is 2.00 bits per heavy atom. The minimum absolute atomic E-state index is 0.0151. The summed E-state index contributed by atoms with van der Waals surface area (Å²) in [6, 6.07) is 8.00. The zero-order valence-electron chi connectivity index (χ0n) is 16.6. The average molecular weight is 416 g/mol. The monoisotopic (exact) mass is 416 g/mol. The third-order valence-corrected chi connectivity index (χ3v) is 5.80. The van der Waals surface area contributed by atoms with Crippen molar-refractivity contribution in [3.05, 3.63) is 58.1 Å². The van der Waals surface area contributed by atoms with Crippen LogP contribution in [-0.4, -0.2) is 32.4 Å². The van der Waals surface area contributed by atoms with Gasteiger partial charge in [-0.05, 0) is 37.5 Å². The number of aryl methyl sites for hydroxylation is 1. The molecule has 1 aliphatic carbocycles. The molecule has 156 valence electrons. The third-order valence-electron chi connectivity index (χ3n) is 5.80. The van der Waals surface area contributed by atoms with E-state index in [0.29, 0.717) is 16.7 Å². The summed E-state index contributed by atoms with van der Waals surface area (Å²) in [5.41, 5.74) is 8.28. The number of nitrogens with one attached hydrogen (secondary N) is 1. The van der Waals surface area contributed by atoms with Gasteiger partial charge in [0.1, 0.15) is 11.7 Å². The molecule has 0 saturated carbocycles. The summed E-state index contributed by atoms with van der Waals surface area (Å²) in [6.45, 7) is 0. The van der Waals surface area contributed by atoms with Gasteiger partial charge in [0.2, 0.25) is 5.91 Å². The highest BCUT2D eigenvalue weighted by Gasteiger charge is 2.21. The molecule has 2 aromatic heterocycles. The van der Waals surface area contributed by atoms with E-state index in [9.17, 15) is 14.4 Å². The molecule has 2 aromatic carbocycles. The topological polar surface area (TPSA) is 127 Å². The predicted molar refractivity (Wildman–Crippen MR) is 118 cm³/mol. The SMILES string of the molecule is NC(CCC(=O)Nc1ccc2c(=O)n3c4c(nc3c3cccc1c23)CCC=C4)C(=O)O. The second-order valence-electron chi connectivity index (χ2n) is 7.77. The number of carboxylic acids is 1. The molecule has 0 saturated heterocycles. The van der Waals surface area contributed by atoms with Crippen LogP contribution in [0.2, 0.25) is 0 Å². The summed E-state index contributed by atoms with van der Waals surface area (Å²) in [6.07, 6.45) is 5.72. The molecule has 1 amide bonds. The Morgan fingerprint density at radius 1 is 1.19 bits per heavy atom. The van der Waals surface area contributed by atoms with E-state index in [4.69, 9.17) is 15.8 Å². The maximum atomic E-state index is 13.3. The molecule has 0 bridgehead atoms. The number of carboxylic acid groups (broad SMARTS) is 1. The highest BCUT2D eigenvalue weighted by Crippen LogP contribution is 2.34. The van der Waals surface area contributed by atoms with Gasteiger partial charge in [0.25, 0.3) is 5.56 Å². The summed E-state index contributed by atoms with van der Waals surface area (Å²) >= 11 is 0. The van der Waals surface area contributed by atoms with Gasteiger partial charge >= 0.3 is 5.97 Å². The van der Waals surface area contributed by atoms with Crippen LogP contribution in [0.4, 0.5) is 5.69 Å². The summed E-state index contributed by atoms with van der Waals surface area (Å²) in [7, 11) is 0. The van der Waals surface area contributed by atoms with Crippen LogP contribution in [0.15, 0.2) is 41.2 Å². The Labute approximate surface area is 176 Å². The Kier molecular flexibility index (Phi) is 4.44. The van der Waals surface area contributed by atoms with Crippen LogP contribution in [0.5, 0.6) is 0 Å². The van der Waals surface area contributed by atoms with Crippen LogP contribution in [0, 0.1) is 0 Å². The average Bonchev–Trinajstić information content (AvgIpc) is 3.16. The maximum Gasteiger partial charge on any atom is 0.320 e. The molecule has 1 unspecified atom stereocenters. The van der Waals surface area contributed by atoms with Crippen LogP contribution in [-0.2, 0) is 16.0 Å². The van der Waals surface area contributed by atoms with Gasteiger partial charge in [0.15, 0.2) is 0 Å². The zero-order valence-corrected chi connectivity index (χ0v) is 16.6. The lowest BCUT2D eigenvalue weighted by Crippen LogP contribution is -2.31. The van der Waals surface area contributed by atoms with E-state index in [0.717, 1.165) is 40.4 Å². The number of amides is 1. The molecule has 4 N–H and O–H groups in total. The van der Waals surface area contributed by atoms with Gasteiger partial charge in [0, 0.05) is 33.7 Å². The van der Waals surface area contributed by atoms with Crippen LogP contribution >= 0.6 is 0 Å². The van der Waals surface area contributed by atoms with Crippen molar-refractivity contribution in [3.63, 3.8) is 0 Å². The number of rotatable bonds is 5. The second-order valence-corrected chi connectivity index (χ2v) is 7.77. The normalized spacial score (nSPS) is 14.2. The molecule has 8 nitrogen and oxygen atoms in total. The van der Waals surface area contributed by atoms with Crippen LogP contribution < -0.4 is 16.6 Å². The summed E-state index contributed by atoms with van der Waals surface area (Å²) in [4.78, 5) is 41.3. The molecule has 1 atom stereocenters. The molecule has 0 fully saturated rings. The van der Waals surface area contributed by atoms with Crippen molar-refractivity contribution in [2.24, 2.45) is 5.73 Å². The minimum atomic E-state index is -1.14. The number of hydrogen-bond acceptors (Lipinski definition) is 5. The number of anilines is 1. The van der Waals surface area contributed by atoms with Crippen molar-refractivity contribution in [2.45, 2.75) is 31.7 Å². The fraction of sp³-hybridized carbons (Fsp3) is 0.217. The predicted octanol–water partition coefficient (Wildman–Crippen LogP) is 2.53. The van der Waals surface area contributed by atoms with Gasteiger partial charge in [0.05, 0.1) is 11.4 Å². The van der Waals surface area contributed by atoms with Crippen LogP contribution in [0.3, 0.4) is 0 Å². The second kappa shape index (κ2) is 7.17. The van der Waals surface area contributed by atoms with Gasteiger partial charge < -0.3 is 16.2 Å². The summed E-state index contributed by atoms with van der Waals surface area (Å²) < 4.78 is 1.67. The largest absolute Gasteiger partial charge is 0.480 e. The van der Waals surface area contributed by atoms with E-state index in [-0.39, 0.29) is 24.3 Å². The van der Waals surface area contributed by atoms with Crippen molar-refractivity contribution >= 4 is 50.8 Å². The number of nitrogens with zero attached hydrogens (tertiary/aromatic N) is 2. The van der Waals surface area contributed by atoms with Crippen molar-refractivity contribution < 1.29 is 14.7 Å². The number of carbonyl (C=O) groups excluding carboxylic acids is 1. The highest BCUT2D eigenvalue weighted by molar-refractivity contribution is 6.19. The number of hydrogen-bond donors (Lipinski definition) is 3. The Morgan fingerprint density at radius 3 is 2.81 bits per heavy atom. The van der Waals surface area contributed by atoms with Gasteiger partial charge in [-0.15, -0.1) is 0 Å². The first-order valence-electron chi connectivity index (χ1n) is 10.1. The standard InChI is InChI=1S/C23H20N4O4/c24-15(23(30)31)9-11-19(28)25-16-10-8-14-20-12(16)4-3-5-13(20)21-26-17-6-1-2-7-18(17)27(21)22(14)29/h2-5,7-8,10,15H,1,6,9,11,24H2,(H,25,28)(H,30,31). The van der Waals surface area contributed by atoms with Crippen molar-refractivity contribution in [1.29, 1.82) is 0 Å². The Bertz CT molecular complexity index is 1450.